The van der Waals surface area contributed by atoms with Crippen LogP contribution >= 0.6 is 0 Å². The molecule has 1 aromatic rings. The number of Topliss-reactive ketones (excluding diaryl/α,β-unsaturated/α-hetero) is 1. The zero-order chi connectivity index (χ0) is 20.3. The van der Waals surface area contributed by atoms with Crippen molar-refractivity contribution in [3.8, 4) is 0 Å². The minimum absolute atomic E-state index is 0.00813. The molecule has 0 radical (unpaired) electrons. The molecule has 0 spiro atoms. The van der Waals surface area contributed by atoms with Gasteiger partial charge in [0.25, 0.3) is 0 Å². The highest BCUT2D eigenvalue weighted by atomic mass is 32.2. The van der Waals surface area contributed by atoms with Crippen LogP contribution in [0.1, 0.15) is 44.2 Å². The summed E-state index contributed by atoms with van der Waals surface area (Å²) in [5, 5.41) is 0. The van der Waals surface area contributed by atoms with E-state index < -0.39 is 15.4 Å². The summed E-state index contributed by atoms with van der Waals surface area (Å²) in [6.07, 6.45) is 2.27. The van der Waals surface area contributed by atoms with Crippen LogP contribution in [0.4, 0.5) is 5.69 Å². The minimum atomic E-state index is -3.45. The maximum atomic E-state index is 13.3. The van der Waals surface area contributed by atoms with Gasteiger partial charge in [-0.3, -0.25) is 4.79 Å². The summed E-state index contributed by atoms with van der Waals surface area (Å²) >= 11 is 0. The van der Waals surface area contributed by atoms with E-state index >= 15 is 0 Å². The van der Waals surface area contributed by atoms with E-state index in [0.29, 0.717) is 38.5 Å². The molecule has 2 unspecified atom stereocenters. The Kier molecular flexibility index (Phi) is 4.66. The molecule has 2 atom stereocenters. The molecule has 1 saturated heterocycles. The predicted molar refractivity (Wildman–Crippen MR) is 112 cm³/mol. The third-order valence-corrected chi connectivity index (χ3v) is 10.1. The van der Waals surface area contributed by atoms with Crippen molar-refractivity contribution in [1.82, 2.24) is 4.31 Å². The van der Waals surface area contributed by atoms with Gasteiger partial charge in [-0.25, -0.2) is 8.42 Å². The number of anilines is 1. The molecule has 0 N–H and O–H groups in total. The average Bonchev–Trinajstić information content (AvgIpc) is 2.98. The van der Waals surface area contributed by atoms with Gasteiger partial charge in [-0.15, -0.1) is 0 Å². The number of rotatable bonds is 4. The third kappa shape index (κ3) is 2.83. The highest BCUT2D eigenvalue weighted by Gasteiger charge is 2.65. The second kappa shape index (κ2) is 6.56. The van der Waals surface area contributed by atoms with Crippen LogP contribution in [-0.4, -0.2) is 50.4 Å². The summed E-state index contributed by atoms with van der Waals surface area (Å²) in [6.45, 7) is 10.8. The normalized spacial score (nSPS) is 30.2. The number of aryl methyl sites for hydroxylation is 1. The van der Waals surface area contributed by atoms with Gasteiger partial charge in [-0.05, 0) is 55.2 Å². The molecule has 2 aliphatic carbocycles. The maximum absolute atomic E-state index is 13.3. The fraction of sp³-hybridized carbons (Fsp3) is 0.682. The maximum Gasteiger partial charge on any atom is 0.215 e. The smallest absolute Gasteiger partial charge is 0.215 e. The first-order valence-electron chi connectivity index (χ1n) is 10.4. The first kappa shape index (κ1) is 19.9. The van der Waals surface area contributed by atoms with Crippen molar-refractivity contribution < 1.29 is 13.2 Å². The number of ketones is 1. The number of carbonyl (C=O) groups excluding carboxylic acids is 1. The molecule has 6 heteroatoms. The molecular formula is C22H32N2O3S. The van der Waals surface area contributed by atoms with E-state index in [1.54, 1.807) is 4.31 Å². The molecule has 1 heterocycles. The van der Waals surface area contributed by atoms with Crippen molar-refractivity contribution >= 4 is 21.5 Å². The second-order valence-corrected chi connectivity index (χ2v) is 11.5. The molecule has 4 rings (SSSR count). The van der Waals surface area contributed by atoms with E-state index in [2.05, 4.69) is 50.8 Å². The van der Waals surface area contributed by atoms with Crippen molar-refractivity contribution in [2.24, 2.45) is 16.7 Å². The van der Waals surface area contributed by atoms with Crippen molar-refractivity contribution in [1.29, 1.82) is 0 Å². The fourth-order valence-electron chi connectivity index (χ4n) is 5.80. The SMILES string of the molecule is Cc1cccc(N2CCN(S(=O)(=O)CC34CCC(CC3=O)C4(C)C)CC2)c1C. The van der Waals surface area contributed by atoms with Gasteiger partial charge >= 0.3 is 0 Å². The van der Waals surface area contributed by atoms with Crippen LogP contribution in [0.15, 0.2) is 18.2 Å². The highest BCUT2D eigenvalue weighted by molar-refractivity contribution is 7.89. The quantitative estimate of drug-likeness (QED) is 0.774. The van der Waals surface area contributed by atoms with E-state index in [1.807, 2.05) is 0 Å². The van der Waals surface area contributed by atoms with Gasteiger partial charge in [-0.2, -0.15) is 4.31 Å². The molecule has 2 saturated carbocycles. The van der Waals surface area contributed by atoms with Gasteiger partial charge in [0, 0.05) is 43.7 Å². The Morgan fingerprint density at radius 3 is 2.36 bits per heavy atom. The molecule has 3 fully saturated rings. The van der Waals surface area contributed by atoms with Gasteiger partial charge in [0.2, 0.25) is 10.0 Å². The molecule has 1 aliphatic heterocycles. The van der Waals surface area contributed by atoms with Gasteiger partial charge in [0.05, 0.1) is 5.75 Å². The van der Waals surface area contributed by atoms with Gasteiger partial charge in [-0.1, -0.05) is 26.0 Å². The summed E-state index contributed by atoms with van der Waals surface area (Å²) < 4.78 is 28.2. The van der Waals surface area contributed by atoms with E-state index in [-0.39, 0.29) is 17.0 Å². The Morgan fingerprint density at radius 1 is 1.11 bits per heavy atom. The predicted octanol–water partition coefficient (Wildman–Crippen LogP) is 3.15. The summed E-state index contributed by atoms with van der Waals surface area (Å²) in [6, 6.07) is 6.28. The molecule has 0 aromatic heterocycles. The van der Waals surface area contributed by atoms with E-state index in [9.17, 15) is 13.2 Å². The number of piperazine rings is 1. The Bertz CT molecular complexity index is 900. The van der Waals surface area contributed by atoms with Crippen LogP contribution in [0.5, 0.6) is 0 Å². The summed E-state index contributed by atoms with van der Waals surface area (Å²) in [7, 11) is -3.45. The number of nitrogens with zero attached hydrogens (tertiary/aromatic N) is 2. The Balaban J connectivity index is 1.49. The lowest BCUT2D eigenvalue weighted by atomic mass is 9.70. The summed E-state index contributed by atoms with van der Waals surface area (Å²) in [5.41, 5.74) is 2.82. The lowest BCUT2D eigenvalue weighted by molar-refractivity contribution is -0.128. The van der Waals surface area contributed by atoms with E-state index in [0.717, 1.165) is 12.8 Å². The van der Waals surface area contributed by atoms with Crippen molar-refractivity contribution in [2.45, 2.75) is 47.0 Å². The monoisotopic (exact) mass is 404 g/mol. The summed E-state index contributed by atoms with van der Waals surface area (Å²) in [5.74, 6) is 0.508. The zero-order valence-corrected chi connectivity index (χ0v) is 18.3. The Hall–Kier alpha value is -1.40. The molecule has 3 aliphatic rings. The molecule has 5 nitrogen and oxygen atoms in total. The number of fused-ring (bicyclic) bond motifs is 2. The zero-order valence-electron chi connectivity index (χ0n) is 17.5. The molecule has 154 valence electrons. The van der Waals surface area contributed by atoms with Gasteiger partial charge < -0.3 is 4.90 Å². The van der Waals surface area contributed by atoms with Crippen molar-refractivity contribution in [3.05, 3.63) is 29.3 Å². The topological polar surface area (TPSA) is 57.7 Å². The molecule has 1 aromatic carbocycles. The van der Waals surface area contributed by atoms with Crippen LogP contribution in [0.2, 0.25) is 0 Å². The average molecular weight is 405 g/mol. The summed E-state index contributed by atoms with van der Waals surface area (Å²) in [4.78, 5) is 15.0. The number of sulfonamides is 1. The molecule has 2 bridgehead atoms. The number of hydrogen-bond acceptors (Lipinski definition) is 4. The van der Waals surface area contributed by atoms with Crippen LogP contribution in [0.25, 0.3) is 0 Å². The standard InChI is InChI=1S/C22H32N2O3S/c1-16-6-5-7-19(17(16)2)23-10-12-24(13-11-23)28(26,27)15-22-9-8-18(14-20(22)25)21(22,3)4/h5-7,18H,8-15H2,1-4H3. The number of carbonyl (C=O) groups is 1. The first-order valence-corrected chi connectivity index (χ1v) is 12.0. The minimum Gasteiger partial charge on any atom is -0.369 e. The van der Waals surface area contributed by atoms with E-state index in [1.165, 1.54) is 16.8 Å². The van der Waals surface area contributed by atoms with Crippen LogP contribution in [-0.2, 0) is 14.8 Å². The van der Waals surface area contributed by atoms with Crippen molar-refractivity contribution in [3.63, 3.8) is 0 Å². The Labute approximate surface area is 169 Å². The fourth-order valence-corrected chi connectivity index (χ4v) is 8.00. The lowest BCUT2D eigenvalue weighted by Crippen LogP contribution is -2.52. The molecular weight excluding hydrogens is 372 g/mol. The van der Waals surface area contributed by atoms with Gasteiger partial charge in [0.1, 0.15) is 5.78 Å². The van der Waals surface area contributed by atoms with Gasteiger partial charge in [0.15, 0.2) is 0 Å². The lowest BCUT2D eigenvalue weighted by Gasteiger charge is -2.40. The molecule has 0 amide bonds. The highest BCUT2D eigenvalue weighted by Crippen LogP contribution is 2.64. The Morgan fingerprint density at radius 2 is 1.79 bits per heavy atom. The second-order valence-electron chi connectivity index (χ2n) is 9.53. The van der Waals surface area contributed by atoms with Crippen LogP contribution in [0, 0.1) is 30.6 Å². The number of benzene rings is 1. The number of hydrogen-bond donors (Lipinski definition) is 0. The van der Waals surface area contributed by atoms with Crippen LogP contribution < -0.4 is 4.90 Å². The van der Waals surface area contributed by atoms with Crippen LogP contribution in [0.3, 0.4) is 0 Å². The third-order valence-electron chi connectivity index (χ3n) is 8.12. The first-order chi connectivity index (χ1) is 13.1. The van der Waals surface area contributed by atoms with Crippen molar-refractivity contribution in [2.75, 3.05) is 36.8 Å². The largest absolute Gasteiger partial charge is 0.369 e. The van der Waals surface area contributed by atoms with E-state index in [4.69, 9.17) is 0 Å². The molecule has 28 heavy (non-hydrogen) atoms.